The van der Waals surface area contributed by atoms with Gasteiger partial charge in [-0.1, -0.05) is 95.5 Å². The van der Waals surface area contributed by atoms with Gasteiger partial charge in [0.15, 0.2) is 0 Å². The largest absolute Gasteiger partial charge is 0.0985 e. The summed E-state index contributed by atoms with van der Waals surface area (Å²) in [7, 11) is 0. The van der Waals surface area contributed by atoms with Crippen molar-refractivity contribution < 1.29 is 0 Å². The van der Waals surface area contributed by atoms with E-state index in [1.165, 1.54) is 29.5 Å². The molecule has 2 rings (SSSR count). The highest BCUT2D eigenvalue weighted by Crippen LogP contribution is 2.24. The molecule has 0 N–H and O–H groups in total. The van der Waals surface area contributed by atoms with E-state index < -0.39 is 0 Å². The SMILES string of the molecule is C=Cc1ccc(CCC(C)C)c(CC)c1CC.C=Cc1ccccc1. The number of aryl methyl sites for hydroxylation is 1. The van der Waals surface area contributed by atoms with E-state index in [0.29, 0.717) is 0 Å². The van der Waals surface area contributed by atoms with Gasteiger partial charge in [-0.15, -0.1) is 0 Å². The Morgan fingerprint density at radius 2 is 1.48 bits per heavy atom. The average molecular weight is 335 g/mol. The van der Waals surface area contributed by atoms with Gasteiger partial charge in [0.25, 0.3) is 0 Å². The fourth-order valence-electron chi connectivity index (χ4n) is 3.08. The molecule has 25 heavy (non-hydrogen) atoms. The highest BCUT2D eigenvalue weighted by Gasteiger charge is 2.09. The van der Waals surface area contributed by atoms with Gasteiger partial charge in [-0.25, -0.2) is 0 Å². The van der Waals surface area contributed by atoms with Crippen LogP contribution in [-0.4, -0.2) is 0 Å². The first kappa shape index (κ1) is 21.0. The predicted octanol–water partition coefficient (Wildman–Crippen LogP) is 7.37. The maximum absolute atomic E-state index is 3.92. The highest BCUT2D eigenvalue weighted by atomic mass is 14.1. The lowest BCUT2D eigenvalue weighted by molar-refractivity contribution is 0.584. The maximum Gasteiger partial charge on any atom is -0.0228 e. The standard InChI is InChI=1S/C17H26.C8H8/c1-6-14-11-12-15(10-9-13(4)5)17(8-3)16(14)7-2;1-2-8-6-4-3-5-7-8/h6,11-13H,1,7-10H2,2-5H3;2-7H,1H2. The van der Waals surface area contributed by atoms with Crippen molar-refractivity contribution >= 4 is 12.2 Å². The second kappa shape index (κ2) is 11.5. The van der Waals surface area contributed by atoms with Crippen LogP contribution in [0, 0.1) is 5.92 Å². The summed E-state index contributed by atoms with van der Waals surface area (Å²) in [6.07, 6.45) is 8.57. The highest BCUT2D eigenvalue weighted by molar-refractivity contribution is 5.56. The molecular formula is C25H34. The van der Waals surface area contributed by atoms with Gasteiger partial charge in [0.05, 0.1) is 0 Å². The lowest BCUT2D eigenvalue weighted by Crippen LogP contribution is -2.02. The second-order valence-corrected chi connectivity index (χ2v) is 6.73. The lowest BCUT2D eigenvalue weighted by Gasteiger charge is -2.16. The zero-order valence-corrected chi connectivity index (χ0v) is 16.5. The quantitative estimate of drug-likeness (QED) is 0.495. The van der Waals surface area contributed by atoms with Crippen LogP contribution in [0.5, 0.6) is 0 Å². The molecule has 0 bridgehead atoms. The first-order valence-corrected chi connectivity index (χ1v) is 9.50. The summed E-state index contributed by atoms with van der Waals surface area (Å²) in [4.78, 5) is 0. The second-order valence-electron chi connectivity index (χ2n) is 6.73. The Bertz CT molecular complexity index is 647. The molecule has 0 aliphatic carbocycles. The third kappa shape index (κ3) is 6.74. The van der Waals surface area contributed by atoms with Crippen LogP contribution in [0.1, 0.15) is 61.9 Å². The van der Waals surface area contributed by atoms with Crippen molar-refractivity contribution in [1.29, 1.82) is 0 Å². The van der Waals surface area contributed by atoms with Gasteiger partial charge in [0.1, 0.15) is 0 Å². The van der Waals surface area contributed by atoms with E-state index in [9.17, 15) is 0 Å². The monoisotopic (exact) mass is 334 g/mol. The van der Waals surface area contributed by atoms with Crippen LogP contribution in [-0.2, 0) is 19.3 Å². The molecule has 0 heteroatoms. The Kier molecular flexibility index (Phi) is 9.62. The Hall–Kier alpha value is -2.08. The minimum atomic E-state index is 0.781. The van der Waals surface area contributed by atoms with Crippen molar-refractivity contribution in [1.82, 2.24) is 0 Å². The van der Waals surface area contributed by atoms with E-state index in [1.54, 1.807) is 11.1 Å². The molecule has 2 aromatic carbocycles. The predicted molar refractivity (Wildman–Crippen MR) is 115 cm³/mol. The van der Waals surface area contributed by atoms with E-state index >= 15 is 0 Å². The topological polar surface area (TPSA) is 0 Å². The average Bonchev–Trinajstić information content (AvgIpc) is 2.66. The third-order valence-corrected chi connectivity index (χ3v) is 4.52. The first-order chi connectivity index (χ1) is 12.1. The van der Waals surface area contributed by atoms with Crippen LogP contribution >= 0.6 is 0 Å². The van der Waals surface area contributed by atoms with Gasteiger partial charge in [0, 0.05) is 0 Å². The first-order valence-electron chi connectivity index (χ1n) is 9.50. The van der Waals surface area contributed by atoms with E-state index in [1.807, 2.05) is 42.5 Å². The Balaban J connectivity index is 0.000000324. The van der Waals surface area contributed by atoms with E-state index in [0.717, 1.165) is 18.8 Å². The number of benzene rings is 2. The van der Waals surface area contributed by atoms with Crippen LogP contribution in [0.15, 0.2) is 55.6 Å². The molecule has 0 aromatic heterocycles. The molecular weight excluding hydrogens is 300 g/mol. The van der Waals surface area contributed by atoms with Crippen molar-refractivity contribution in [3.05, 3.63) is 83.4 Å². The van der Waals surface area contributed by atoms with Gasteiger partial charge < -0.3 is 0 Å². The van der Waals surface area contributed by atoms with Crippen molar-refractivity contribution in [3.8, 4) is 0 Å². The van der Waals surface area contributed by atoms with Gasteiger partial charge >= 0.3 is 0 Å². The fraction of sp³-hybridized carbons (Fsp3) is 0.360. The van der Waals surface area contributed by atoms with Crippen molar-refractivity contribution in [3.63, 3.8) is 0 Å². The fourth-order valence-corrected chi connectivity index (χ4v) is 3.08. The molecule has 0 amide bonds. The summed E-state index contributed by atoms with van der Waals surface area (Å²) in [5, 5.41) is 0. The molecule has 0 saturated heterocycles. The summed E-state index contributed by atoms with van der Waals surface area (Å²) in [6.45, 7) is 16.6. The normalized spacial score (nSPS) is 10.1. The molecule has 0 unspecified atom stereocenters. The number of hydrogen-bond donors (Lipinski definition) is 0. The van der Waals surface area contributed by atoms with Gasteiger partial charge in [-0.3, -0.25) is 0 Å². The van der Waals surface area contributed by atoms with Crippen molar-refractivity contribution in [2.75, 3.05) is 0 Å². The molecule has 0 nitrogen and oxygen atoms in total. The van der Waals surface area contributed by atoms with Crippen LogP contribution < -0.4 is 0 Å². The van der Waals surface area contributed by atoms with Gasteiger partial charge in [-0.05, 0) is 59.4 Å². The third-order valence-electron chi connectivity index (χ3n) is 4.52. The molecule has 0 aliphatic heterocycles. The Labute approximate surface area is 155 Å². The van der Waals surface area contributed by atoms with E-state index in [4.69, 9.17) is 0 Å². The Morgan fingerprint density at radius 1 is 0.840 bits per heavy atom. The zero-order chi connectivity index (χ0) is 18.7. The molecule has 0 atom stereocenters. The Morgan fingerprint density at radius 3 is 1.92 bits per heavy atom. The zero-order valence-electron chi connectivity index (χ0n) is 16.5. The van der Waals surface area contributed by atoms with E-state index in [-0.39, 0.29) is 0 Å². The summed E-state index contributed by atoms with van der Waals surface area (Å²) >= 11 is 0. The van der Waals surface area contributed by atoms with Crippen LogP contribution in [0.2, 0.25) is 0 Å². The molecule has 0 saturated carbocycles. The van der Waals surface area contributed by atoms with Crippen molar-refractivity contribution in [2.24, 2.45) is 5.92 Å². The van der Waals surface area contributed by atoms with Crippen LogP contribution in [0.4, 0.5) is 0 Å². The van der Waals surface area contributed by atoms with Crippen LogP contribution in [0.3, 0.4) is 0 Å². The lowest BCUT2D eigenvalue weighted by atomic mass is 9.89. The molecule has 134 valence electrons. The summed E-state index contributed by atoms with van der Waals surface area (Å²) in [5.41, 5.74) is 7.10. The van der Waals surface area contributed by atoms with Crippen LogP contribution in [0.25, 0.3) is 12.2 Å². The maximum atomic E-state index is 3.92. The smallest absolute Gasteiger partial charge is 0.0228 e. The van der Waals surface area contributed by atoms with Crippen molar-refractivity contribution in [2.45, 2.75) is 53.4 Å². The van der Waals surface area contributed by atoms with E-state index in [2.05, 4.69) is 53.0 Å². The molecule has 0 aliphatic rings. The summed E-state index contributed by atoms with van der Waals surface area (Å²) in [5.74, 6) is 0.781. The summed E-state index contributed by atoms with van der Waals surface area (Å²) < 4.78 is 0. The van der Waals surface area contributed by atoms with Gasteiger partial charge in [-0.2, -0.15) is 0 Å². The molecule has 0 fully saturated rings. The number of rotatable bonds is 7. The molecule has 0 spiro atoms. The molecule has 0 radical (unpaired) electrons. The van der Waals surface area contributed by atoms with Gasteiger partial charge in [0.2, 0.25) is 0 Å². The minimum absolute atomic E-state index is 0.781. The molecule has 0 heterocycles. The molecule has 2 aromatic rings. The number of hydrogen-bond acceptors (Lipinski definition) is 0. The minimum Gasteiger partial charge on any atom is -0.0985 e. The summed E-state index contributed by atoms with van der Waals surface area (Å²) in [6, 6.07) is 14.6.